The van der Waals surface area contributed by atoms with Crippen molar-refractivity contribution in [2.24, 2.45) is 4.99 Å². The molecule has 5 heteroatoms. The van der Waals surface area contributed by atoms with Crippen molar-refractivity contribution in [3.05, 3.63) is 84.6 Å². The van der Waals surface area contributed by atoms with E-state index in [1.165, 1.54) is 0 Å². The van der Waals surface area contributed by atoms with Crippen LogP contribution in [0.25, 0.3) is 16.8 Å². The maximum absolute atomic E-state index is 6.01. The van der Waals surface area contributed by atoms with E-state index in [1.807, 2.05) is 30.3 Å². The van der Waals surface area contributed by atoms with Crippen molar-refractivity contribution >= 4 is 23.0 Å². The van der Waals surface area contributed by atoms with Crippen LogP contribution >= 0.6 is 0 Å². The van der Waals surface area contributed by atoms with Crippen molar-refractivity contribution in [3.8, 4) is 16.9 Å². The van der Waals surface area contributed by atoms with Crippen LogP contribution in [-0.4, -0.2) is 31.1 Å². The van der Waals surface area contributed by atoms with Crippen LogP contribution in [0.1, 0.15) is 18.4 Å². The minimum Gasteiger partial charge on any atom is -0.496 e. The van der Waals surface area contributed by atoms with Crippen LogP contribution in [0.3, 0.4) is 0 Å². The monoisotopic (exact) mass is 410 g/mol. The summed E-state index contributed by atoms with van der Waals surface area (Å²) >= 11 is 0. The first-order chi connectivity index (χ1) is 15.2. The van der Waals surface area contributed by atoms with Gasteiger partial charge in [-0.2, -0.15) is 0 Å². The number of benzene rings is 3. The van der Waals surface area contributed by atoms with E-state index in [0.717, 1.165) is 71.4 Å². The van der Waals surface area contributed by atoms with E-state index in [-0.39, 0.29) is 0 Å². The molecular formula is C26H26N4O. The summed E-state index contributed by atoms with van der Waals surface area (Å²) < 4.78 is 5.66. The zero-order valence-corrected chi connectivity index (χ0v) is 17.7. The van der Waals surface area contributed by atoms with Crippen molar-refractivity contribution in [3.63, 3.8) is 0 Å². The summed E-state index contributed by atoms with van der Waals surface area (Å²) in [6.45, 7) is 1.78. The van der Waals surface area contributed by atoms with Crippen LogP contribution in [0.4, 0.5) is 11.4 Å². The fourth-order valence-corrected chi connectivity index (χ4v) is 4.25. The van der Waals surface area contributed by atoms with E-state index >= 15 is 0 Å². The molecule has 0 aromatic heterocycles. The maximum atomic E-state index is 6.01. The highest BCUT2D eigenvalue weighted by Gasteiger charge is 2.32. The molecule has 0 atom stereocenters. The minimum absolute atomic E-state index is 0.766. The summed E-state index contributed by atoms with van der Waals surface area (Å²) in [4.78, 5) is 9.46. The van der Waals surface area contributed by atoms with Crippen LogP contribution in [-0.2, 0) is 0 Å². The topological polar surface area (TPSA) is 54.1 Å². The molecule has 2 heterocycles. The van der Waals surface area contributed by atoms with Gasteiger partial charge in [-0.1, -0.05) is 36.4 Å². The van der Waals surface area contributed by atoms with Crippen molar-refractivity contribution < 1.29 is 4.74 Å². The molecule has 0 unspecified atom stereocenters. The summed E-state index contributed by atoms with van der Waals surface area (Å²) in [6, 6.07) is 24.7. The Balaban J connectivity index is 1.60. The van der Waals surface area contributed by atoms with Gasteiger partial charge < -0.3 is 15.4 Å². The molecule has 0 bridgehead atoms. The second-order valence-electron chi connectivity index (χ2n) is 7.80. The van der Waals surface area contributed by atoms with Gasteiger partial charge in [0, 0.05) is 36.2 Å². The van der Waals surface area contributed by atoms with Crippen LogP contribution in [0.15, 0.2) is 84.0 Å². The number of nitrogen functional groups attached to an aromatic ring is 1. The van der Waals surface area contributed by atoms with Gasteiger partial charge in [-0.05, 0) is 60.4 Å². The highest BCUT2D eigenvalue weighted by molar-refractivity contribution is 6.08. The number of fused-ring (bicyclic) bond motifs is 1. The van der Waals surface area contributed by atoms with Crippen molar-refractivity contribution in [2.45, 2.75) is 12.8 Å². The molecule has 0 saturated heterocycles. The maximum Gasteiger partial charge on any atom is 0.210 e. The number of aliphatic imine (C=N–C) groups is 1. The zero-order chi connectivity index (χ0) is 21.2. The van der Waals surface area contributed by atoms with Crippen molar-refractivity contribution in [1.29, 1.82) is 0 Å². The predicted octanol–water partition coefficient (Wildman–Crippen LogP) is 5.21. The molecule has 5 nitrogen and oxygen atoms in total. The van der Waals surface area contributed by atoms with E-state index in [1.54, 1.807) is 7.11 Å². The normalized spacial score (nSPS) is 15.8. The number of guanidine groups is 1. The number of rotatable bonds is 4. The number of nitrogens with two attached hydrogens (primary N) is 1. The first-order valence-corrected chi connectivity index (χ1v) is 10.7. The minimum atomic E-state index is 0.766. The molecule has 0 amide bonds. The van der Waals surface area contributed by atoms with Gasteiger partial charge in [0.25, 0.3) is 0 Å². The lowest BCUT2D eigenvalue weighted by molar-refractivity contribution is 0.412. The molecule has 2 aliphatic rings. The Morgan fingerprint density at radius 1 is 0.903 bits per heavy atom. The number of nitrogens with zero attached hydrogens (tertiary/aromatic N) is 3. The second-order valence-corrected chi connectivity index (χ2v) is 7.80. The fourth-order valence-electron chi connectivity index (χ4n) is 4.25. The van der Waals surface area contributed by atoms with Crippen LogP contribution < -0.4 is 15.4 Å². The van der Waals surface area contributed by atoms with Gasteiger partial charge in [0.1, 0.15) is 5.75 Å². The third-order valence-corrected chi connectivity index (χ3v) is 5.77. The molecule has 0 aliphatic carbocycles. The quantitative estimate of drug-likeness (QED) is 0.600. The standard InChI is InChI=1S/C26H26N4O/c1-31-25-13-3-2-12-23(25)24-18-30(26-28-14-4-5-15-29(24)26)22-11-7-9-20(17-22)19-8-6-10-21(27)16-19/h2-3,6-13,16-18H,4-5,14-15,27H2,1H3. The molecule has 2 aliphatic heterocycles. The van der Waals surface area contributed by atoms with Gasteiger partial charge in [0.15, 0.2) is 0 Å². The number of methoxy groups -OCH3 is 1. The highest BCUT2D eigenvalue weighted by Crippen LogP contribution is 2.37. The number of hydrogen-bond acceptors (Lipinski definition) is 5. The third kappa shape index (κ3) is 3.63. The first kappa shape index (κ1) is 19.2. The third-order valence-electron chi connectivity index (χ3n) is 5.77. The summed E-state index contributed by atoms with van der Waals surface area (Å²) in [5, 5.41) is 0. The molecule has 0 fully saturated rings. The van der Waals surface area contributed by atoms with E-state index in [9.17, 15) is 0 Å². The molecule has 156 valence electrons. The number of anilines is 2. The Morgan fingerprint density at radius 2 is 1.71 bits per heavy atom. The fraction of sp³-hybridized carbons (Fsp3) is 0.192. The van der Waals surface area contributed by atoms with E-state index in [2.05, 4.69) is 58.5 Å². The molecule has 5 rings (SSSR count). The molecule has 3 aromatic carbocycles. The van der Waals surface area contributed by atoms with Gasteiger partial charge >= 0.3 is 0 Å². The van der Waals surface area contributed by atoms with Crippen molar-refractivity contribution in [1.82, 2.24) is 4.90 Å². The molecule has 31 heavy (non-hydrogen) atoms. The van der Waals surface area contributed by atoms with Gasteiger partial charge in [-0.3, -0.25) is 9.89 Å². The Morgan fingerprint density at radius 3 is 2.55 bits per heavy atom. The summed E-state index contributed by atoms with van der Waals surface area (Å²) in [5.41, 5.74) is 12.3. The Labute approximate surface area is 183 Å². The molecule has 0 radical (unpaired) electrons. The highest BCUT2D eigenvalue weighted by atomic mass is 16.5. The smallest absolute Gasteiger partial charge is 0.210 e. The van der Waals surface area contributed by atoms with E-state index in [0.29, 0.717) is 0 Å². The molecule has 0 saturated carbocycles. The largest absolute Gasteiger partial charge is 0.496 e. The van der Waals surface area contributed by atoms with Gasteiger partial charge in [-0.25, -0.2) is 0 Å². The van der Waals surface area contributed by atoms with Gasteiger partial charge in [-0.15, -0.1) is 0 Å². The molecular weight excluding hydrogens is 384 g/mol. The molecule has 0 spiro atoms. The number of hydrogen-bond donors (Lipinski definition) is 1. The Hall–Kier alpha value is -3.73. The van der Waals surface area contributed by atoms with Crippen molar-refractivity contribution in [2.75, 3.05) is 30.8 Å². The van der Waals surface area contributed by atoms with Gasteiger partial charge in [0.05, 0.1) is 12.8 Å². The molecule has 2 N–H and O–H groups in total. The Kier molecular flexibility index (Phi) is 5.08. The first-order valence-electron chi connectivity index (χ1n) is 10.7. The van der Waals surface area contributed by atoms with E-state index < -0.39 is 0 Å². The van der Waals surface area contributed by atoms with E-state index in [4.69, 9.17) is 15.5 Å². The Bertz CT molecular complexity index is 1170. The zero-order valence-electron chi connectivity index (χ0n) is 17.7. The van der Waals surface area contributed by atoms with Crippen LogP contribution in [0.2, 0.25) is 0 Å². The van der Waals surface area contributed by atoms with Crippen LogP contribution in [0.5, 0.6) is 5.75 Å². The lowest BCUT2D eigenvalue weighted by Gasteiger charge is -2.25. The lowest BCUT2D eigenvalue weighted by atomic mass is 10.0. The summed E-state index contributed by atoms with van der Waals surface area (Å²) in [5.74, 6) is 1.84. The lowest BCUT2D eigenvalue weighted by Crippen LogP contribution is -2.34. The molecule has 3 aromatic rings. The predicted molar refractivity (Wildman–Crippen MR) is 128 cm³/mol. The number of para-hydroxylation sites is 1. The average molecular weight is 411 g/mol. The average Bonchev–Trinajstić information content (AvgIpc) is 2.99. The summed E-state index contributed by atoms with van der Waals surface area (Å²) in [7, 11) is 1.72. The number of ether oxygens (including phenoxy) is 1. The van der Waals surface area contributed by atoms with Gasteiger partial charge in [0.2, 0.25) is 5.96 Å². The SMILES string of the molecule is COc1ccccc1C1=CN(c2cccc(-c3cccc(N)c3)c2)C2=NCCCCN12. The van der Waals surface area contributed by atoms with Crippen LogP contribution in [0, 0.1) is 0 Å². The summed E-state index contributed by atoms with van der Waals surface area (Å²) in [6.07, 6.45) is 4.38. The second kappa shape index (κ2) is 8.19.